The van der Waals surface area contributed by atoms with Gasteiger partial charge in [-0.25, -0.2) is 4.79 Å². The van der Waals surface area contributed by atoms with E-state index in [1.54, 1.807) is 37.3 Å². The SMILES string of the molecule is CCOC(=O)Oc1ccc(C(=O)N2CCC(CNC(=O)C=C(C)C)CC2)cc1. The van der Waals surface area contributed by atoms with Crippen LogP contribution in [0.4, 0.5) is 4.79 Å². The van der Waals surface area contributed by atoms with Crippen molar-refractivity contribution in [3.05, 3.63) is 41.5 Å². The summed E-state index contributed by atoms with van der Waals surface area (Å²) in [6.45, 7) is 7.66. The molecule has 2 rings (SSSR count). The minimum atomic E-state index is -0.764. The number of piperidine rings is 1. The van der Waals surface area contributed by atoms with Crippen molar-refractivity contribution in [1.29, 1.82) is 0 Å². The first-order valence-corrected chi connectivity index (χ1v) is 9.55. The predicted molar refractivity (Wildman–Crippen MR) is 105 cm³/mol. The summed E-state index contributed by atoms with van der Waals surface area (Å²) in [5, 5.41) is 2.92. The lowest BCUT2D eigenvalue weighted by Gasteiger charge is -2.32. The number of likely N-dealkylation sites (tertiary alicyclic amines) is 1. The Morgan fingerprint density at radius 2 is 1.79 bits per heavy atom. The zero-order valence-corrected chi connectivity index (χ0v) is 16.7. The number of rotatable bonds is 6. The number of amides is 2. The third-order valence-electron chi connectivity index (χ3n) is 4.45. The highest BCUT2D eigenvalue weighted by Crippen LogP contribution is 2.20. The standard InChI is InChI=1S/C21H28N2O5/c1-4-27-21(26)28-18-7-5-17(6-8-18)20(25)23-11-9-16(10-12-23)14-22-19(24)13-15(2)3/h5-8,13,16H,4,9-12,14H2,1-3H3,(H,22,24). The molecule has 1 N–H and O–H groups in total. The van der Waals surface area contributed by atoms with Gasteiger partial charge < -0.3 is 19.7 Å². The first-order chi connectivity index (χ1) is 13.4. The Hall–Kier alpha value is -2.83. The van der Waals surface area contributed by atoms with Crippen LogP contribution in [0.1, 0.15) is 44.0 Å². The third kappa shape index (κ3) is 6.72. The van der Waals surface area contributed by atoms with Crippen LogP contribution in [-0.4, -0.2) is 49.1 Å². The summed E-state index contributed by atoms with van der Waals surface area (Å²) < 4.78 is 9.71. The van der Waals surface area contributed by atoms with E-state index < -0.39 is 6.16 Å². The van der Waals surface area contributed by atoms with Crippen LogP contribution in [0, 0.1) is 5.92 Å². The van der Waals surface area contributed by atoms with Crippen LogP contribution in [0.5, 0.6) is 5.75 Å². The fourth-order valence-electron chi connectivity index (χ4n) is 2.99. The average molecular weight is 388 g/mol. The molecule has 2 amide bonds. The van der Waals surface area contributed by atoms with E-state index in [2.05, 4.69) is 5.32 Å². The molecule has 0 spiro atoms. The van der Waals surface area contributed by atoms with Gasteiger partial charge in [0.25, 0.3) is 5.91 Å². The molecular weight excluding hydrogens is 360 g/mol. The quantitative estimate of drug-likeness (QED) is 0.460. The molecule has 0 aliphatic carbocycles. The Labute approximate surface area is 165 Å². The zero-order chi connectivity index (χ0) is 20.5. The molecule has 1 heterocycles. The maximum atomic E-state index is 12.6. The molecule has 7 nitrogen and oxygen atoms in total. The van der Waals surface area contributed by atoms with Gasteiger partial charge in [-0.3, -0.25) is 9.59 Å². The normalized spacial score (nSPS) is 14.2. The van der Waals surface area contributed by atoms with Crippen LogP contribution in [0.3, 0.4) is 0 Å². The van der Waals surface area contributed by atoms with E-state index in [1.165, 1.54) is 0 Å². The van der Waals surface area contributed by atoms with Crippen LogP contribution in [-0.2, 0) is 9.53 Å². The minimum absolute atomic E-state index is 0.0466. The first-order valence-electron chi connectivity index (χ1n) is 9.55. The summed E-state index contributed by atoms with van der Waals surface area (Å²) in [5.41, 5.74) is 1.52. The summed E-state index contributed by atoms with van der Waals surface area (Å²) in [5.74, 6) is 0.595. The van der Waals surface area contributed by atoms with Crippen molar-refractivity contribution in [3.63, 3.8) is 0 Å². The molecule has 1 aromatic rings. The molecule has 28 heavy (non-hydrogen) atoms. The van der Waals surface area contributed by atoms with Crippen LogP contribution < -0.4 is 10.1 Å². The molecule has 0 bridgehead atoms. The van der Waals surface area contributed by atoms with E-state index in [-0.39, 0.29) is 18.4 Å². The van der Waals surface area contributed by atoms with Crippen molar-refractivity contribution in [1.82, 2.24) is 10.2 Å². The molecule has 7 heteroatoms. The summed E-state index contributed by atoms with van der Waals surface area (Å²) in [6, 6.07) is 6.44. The molecule has 0 unspecified atom stereocenters. The summed E-state index contributed by atoms with van der Waals surface area (Å²) in [6.07, 6.45) is 2.53. The molecule has 0 atom stereocenters. The lowest BCUT2D eigenvalue weighted by molar-refractivity contribution is -0.116. The van der Waals surface area contributed by atoms with E-state index in [9.17, 15) is 14.4 Å². The van der Waals surface area contributed by atoms with Gasteiger partial charge in [-0.15, -0.1) is 0 Å². The number of hydrogen-bond acceptors (Lipinski definition) is 5. The number of allylic oxidation sites excluding steroid dienone is 1. The van der Waals surface area contributed by atoms with E-state index in [0.717, 1.165) is 18.4 Å². The van der Waals surface area contributed by atoms with E-state index in [0.29, 0.717) is 36.9 Å². The van der Waals surface area contributed by atoms with Crippen molar-refractivity contribution in [3.8, 4) is 5.75 Å². The van der Waals surface area contributed by atoms with Gasteiger partial charge in [-0.05, 0) is 63.8 Å². The van der Waals surface area contributed by atoms with E-state index in [1.807, 2.05) is 18.7 Å². The van der Waals surface area contributed by atoms with Gasteiger partial charge in [0.1, 0.15) is 5.75 Å². The smallest absolute Gasteiger partial charge is 0.434 e. The Morgan fingerprint density at radius 1 is 1.14 bits per heavy atom. The second-order valence-electron chi connectivity index (χ2n) is 7.01. The van der Waals surface area contributed by atoms with Gasteiger partial charge in [0, 0.05) is 31.3 Å². The molecule has 0 saturated carbocycles. The maximum absolute atomic E-state index is 12.6. The number of carbonyl (C=O) groups excluding carboxylic acids is 3. The van der Waals surface area contributed by atoms with Crippen LogP contribution in [0.15, 0.2) is 35.9 Å². The zero-order valence-electron chi connectivity index (χ0n) is 16.7. The Kier molecular flexibility index (Phi) is 8.04. The van der Waals surface area contributed by atoms with Crippen molar-refractivity contribution in [2.75, 3.05) is 26.2 Å². The molecule has 0 aromatic heterocycles. The van der Waals surface area contributed by atoms with Gasteiger partial charge in [-0.1, -0.05) is 5.57 Å². The highest BCUT2D eigenvalue weighted by molar-refractivity contribution is 5.94. The second-order valence-corrected chi connectivity index (χ2v) is 7.01. The lowest BCUT2D eigenvalue weighted by atomic mass is 9.96. The minimum Gasteiger partial charge on any atom is -0.434 e. The van der Waals surface area contributed by atoms with Gasteiger partial charge in [0.05, 0.1) is 6.61 Å². The van der Waals surface area contributed by atoms with Crippen molar-refractivity contribution >= 4 is 18.0 Å². The number of carbonyl (C=O) groups is 3. The molecule has 1 fully saturated rings. The molecule has 1 aliphatic rings. The third-order valence-corrected chi connectivity index (χ3v) is 4.45. The Balaban J connectivity index is 1.80. The Bertz CT molecular complexity index is 715. The van der Waals surface area contributed by atoms with Gasteiger partial charge in [0.15, 0.2) is 0 Å². The first kappa shape index (κ1) is 21.5. The predicted octanol–water partition coefficient (Wildman–Crippen LogP) is 3.16. The maximum Gasteiger partial charge on any atom is 0.513 e. The highest BCUT2D eigenvalue weighted by Gasteiger charge is 2.24. The van der Waals surface area contributed by atoms with Gasteiger partial charge >= 0.3 is 6.16 Å². The molecule has 1 aromatic carbocycles. The monoisotopic (exact) mass is 388 g/mol. The average Bonchev–Trinajstić information content (AvgIpc) is 2.66. The largest absolute Gasteiger partial charge is 0.513 e. The topological polar surface area (TPSA) is 84.9 Å². The molecule has 0 radical (unpaired) electrons. The van der Waals surface area contributed by atoms with Crippen LogP contribution >= 0.6 is 0 Å². The Morgan fingerprint density at radius 3 is 2.36 bits per heavy atom. The summed E-state index contributed by atoms with van der Waals surface area (Å²) >= 11 is 0. The van der Waals surface area contributed by atoms with Gasteiger partial charge in [-0.2, -0.15) is 0 Å². The van der Waals surface area contributed by atoms with Crippen molar-refractivity contribution < 1.29 is 23.9 Å². The van der Waals surface area contributed by atoms with Gasteiger partial charge in [0.2, 0.25) is 5.91 Å². The number of nitrogens with zero attached hydrogens (tertiary/aromatic N) is 1. The van der Waals surface area contributed by atoms with Crippen LogP contribution in [0.25, 0.3) is 0 Å². The molecule has 1 aliphatic heterocycles. The van der Waals surface area contributed by atoms with Crippen LogP contribution in [0.2, 0.25) is 0 Å². The highest BCUT2D eigenvalue weighted by atomic mass is 16.7. The second kappa shape index (κ2) is 10.5. The van der Waals surface area contributed by atoms with E-state index in [4.69, 9.17) is 9.47 Å². The molecule has 1 saturated heterocycles. The summed E-state index contributed by atoms with van der Waals surface area (Å²) in [7, 11) is 0. The number of hydrogen-bond donors (Lipinski definition) is 1. The molecule has 152 valence electrons. The van der Waals surface area contributed by atoms with Crippen molar-refractivity contribution in [2.24, 2.45) is 5.92 Å². The summed E-state index contributed by atoms with van der Waals surface area (Å²) in [4.78, 5) is 37.5. The number of nitrogens with one attached hydrogen (secondary N) is 1. The molecular formula is C21H28N2O5. The van der Waals surface area contributed by atoms with E-state index >= 15 is 0 Å². The fraction of sp³-hybridized carbons (Fsp3) is 0.476. The lowest BCUT2D eigenvalue weighted by Crippen LogP contribution is -2.41. The van der Waals surface area contributed by atoms with Crippen molar-refractivity contribution in [2.45, 2.75) is 33.6 Å². The number of ether oxygens (including phenoxy) is 2. The number of benzene rings is 1. The fourth-order valence-corrected chi connectivity index (χ4v) is 2.99.